The molecule has 0 amide bonds. The highest BCUT2D eigenvalue weighted by molar-refractivity contribution is 5.53. The molecule has 0 radical (unpaired) electrons. The van der Waals surface area contributed by atoms with Gasteiger partial charge in [-0.15, -0.1) is 6.58 Å². The number of allylic oxidation sites excluding steroid dienone is 2. The van der Waals surface area contributed by atoms with E-state index in [1.807, 2.05) is 72.8 Å². The summed E-state index contributed by atoms with van der Waals surface area (Å²) in [6.45, 7) is 3.95. The van der Waals surface area contributed by atoms with E-state index in [4.69, 9.17) is 9.47 Å². The van der Waals surface area contributed by atoms with Gasteiger partial charge < -0.3 is 9.47 Å². The van der Waals surface area contributed by atoms with Crippen molar-refractivity contribution in [1.29, 1.82) is 0 Å². The molecule has 0 saturated carbocycles. The van der Waals surface area contributed by atoms with Crippen LogP contribution in [-0.4, -0.2) is 7.11 Å². The van der Waals surface area contributed by atoms with Crippen LogP contribution in [0.2, 0.25) is 0 Å². The Bertz CT molecular complexity index is 847. The van der Waals surface area contributed by atoms with Gasteiger partial charge in [0.2, 0.25) is 0 Å². The first-order valence-electron chi connectivity index (χ1n) is 8.56. The molecule has 0 aliphatic carbocycles. The van der Waals surface area contributed by atoms with Crippen LogP contribution < -0.4 is 9.47 Å². The third-order valence-corrected chi connectivity index (χ3v) is 4.11. The number of ether oxygens (including phenoxy) is 2. The lowest BCUT2D eigenvalue weighted by molar-refractivity contribution is 0.414. The monoisotopic (exact) mass is 342 g/mol. The van der Waals surface area contributed by atoms with E-state index in [9.17, 15) is 0 Å². The van der Waals surface area contributed by atoms with Crippen LogP contribution in [0.25, 0.3) is 6.08 Å². The first-order chi connectivity index (χ1) is 12.8. The molecule has 1 atom stereocenters. The Morgan fingerprint density at radius 2 is 1.38 bits per heavy atom. The Kier molecular flexibility index (Phi) is 5.89. The highest BCUT2D eigenvalue weighted by Crippen LogP contribution is 2.24. The Hall–Kier alpha value is -3.26. The highest BCUT2D eigenvalue weighted by atomic mass is 16.5. The van der Waals surface area contributed by atoms with Gasteiger partial charge >= 0.3 is 0 Å². The molecule has 3 rings (SSSR count). The fourth-order valence-corrected chi connectivity index (χ4v) is 2.64. The normalized spacial score (nSPS) is 11.9. The van der Waals surface area contributed by atoms with Gasteiger partial charge in [0.05, 0.1) is 7.11 Å². The molecule has 2 heteroatoms. The number of rotatable bonds is 7. The summed E-state index contributed by atoms with van der Waals surface area (Å²) >= 11 is 0. The summed E-state index contributed by atoms with van der Waals surface area (Å²) in [6, 6.07) is 25.9. The number of methoxy groups -OCH3 is 1. The molecule has 0 aromatic heterocycles. The van der Waals surface area contributed by atoms with Crippen molar-refractivity contribution in [2.75, 3.05) is 7.11 Å². The lowest BCUT2D eigenvalue weighted by Gasteiger charge is -2.09. The predicted octanol–water partition coefficient (Wildman–Crippen LogP) is 6.47. The van der Waals surface area contributed by atoms with Crippen LogP contribution in [0.1, 0.15) is 17.0 Å². The van der Waals surface area contributed by atoms with Gasteiger partial charge in [0.1, 0.15) is 17.2 Å². The van der Waals surface area contributed by atoms with E-state index in [2.05, 4.69) is 30.9 Å². The summed E-state index contributed by atoms with van der Waals surface area (Å²) in [5.74, 6) is 2.67. The second kappa shape index (κ2) is 8.72. The Morgan fingerprint density at radius 3 is 2.00 bits per heavy atom. The van der Waals surface area contributed by atoms with Crippen LogP contribution in [0.15, 0.2) is 97.6 Å². The van der Waals surface area contributed by atoms with Crippen molar-refractivity contribution in [1.82, 2.24) is 0 Å². The zero-order valence-corrected chi connectivity index (χ0v) is 14.8. The van der Waals surface area contributed by atoms with Crippen molar-refractivity contribution >= 4 is 6.08 Å². The SMILES string of the molecule is C=CC(C=Cc1ccc(Oc2ccccc2)cc1)c1ccc(OC)cc1. The highest BCUT2D eigenvalue weighted by Gasteiger charge is 2.04. The Labute approximate surface area is 155 Å². The predicted molar refractivity (Wildman–Crippen MR) is 108 cm³/mol. The summed E-state index contributed by atoms with van der Waals surface area (Å²) in [5.41, 5.74) is 2.30. The lowest BCUT2D eigenvalue weighted by atomic mass is 9.98. The van der Waals surface area contributed by atoms with E-state index in [1.165, 1.54) is 5.56 Å². The maximum Gasteiger partial charge on any atom is 0.127 e. The molecule has 3 aromatic rings. The summed E-state index contributed by atoms with van der Waals surface area (Å²) < 4.78 is 11.0. The third-order valence-electron chi connectivity index (χ3n) is 4.11. The zero-order valence-electron chi connectivity index (χ0n) is 14.8. The van der Waals surface area contributed by atoms with Gasteiger partial charge in [0.25, 0.3) is 0 Å². The smallest absolute Gasteiger partial charge is 0.127 e. The standard InChI is InChI=1S/C24H22O2/c1-3-20(21-13-17-22(25-2)18-14-21)12-9-19-10-15-24(16-11-19)26-23-7-5-4-6-8-23/h3-18,20H,1H2,2H3. The van der Waals surface area contributed by atoms with E-state index >= 15 is 0 Å². The molecule has 0 N–H and O–H groups in total. The quantitative estimate of drug-likeness (QED) is 0.458. The van der Waals surface area contributed by atoms with Crippen LogP contribution in [0, 0.1) is 0 Å². The van der Waals surface area contributed by atoms with Crippen LogP contribution in [0.5, 0.6) is 17.2 Å². The van der Waals surface area contributed by atoms with Crippen molar-refractivity contribution in [2.45, 2.75) is 5.92 Å². The lowest BCUT2D eigenvalue weighted by Crippen LogP contribution is -1.91. The summed E-state index contributed by atoms with van der Waals surface area (Å²) in [4.78, 5) is 0. The first kappa shape index (κ1) is 17.6. The third kappa shape index (κ3) is 4.64. The Balaban J connectivity index is 1.67. The molecule has 0 aliphatic heterocycles. The average Bonchev–Trinajstić information content (AvgIpc) is 2.71. The van der Waals surface area contributed by atoms with Crippen molar-refractivity contribution in [3.8, 4) is 17.2 Å². The van der Waals surface area contributed by atoms with E-state index in [0.717, 1.165) is 22.8 Å². The number of benzene rings is 3. The van der Waals surface area contributed by atoms with Crippen LogP contribution in [-0.2, 0) is 0 Å². The van der Waals surface area contributed by atoms with E-state index in [-0.39, 0.29) is 5.92 Å². The second-order valence-corrected chi connectivity index (χ2v) is 5.88. The molecule has 26 heavy (non-hydrogen) atoms. The number of para-hydroxylation sites is 1. The fraction of sp³-hybridized carbons (Fsp3) is 0.0833. The molecule has 0 aliphatic rings. The van der Waals surface area contributed by atoms with Crippen molar-refractivity contribution in [3.05, 3.63) is 109 Å². The zero-order chi connectivity index (χ0) is 18.2. The topological polar surface area (TPSA) is 18.5 Å². The summed E-state index contributed by atoms with van der Waals surface area (Å²) in [7, 11) is 1.67. The minimum Gasteiger partial charge on any atom is -0.497 e. The molecule has 0 heterocycles. The molecular formula is C24H22O2. The van der Waals surface area contributed by atoms with Crippen molar-refractivity contribution in [3.63, 3.8) is 0 Å². The summed E-state index contributed by atoms with van der Waals surface area (Å²) in [5, 5.41) is 0. The molecule has 0 spiro atoms. The number of hydrogen-bond acceptors (Lipinski definition) is 2. The Morgan fingerprint density at radius 1 is 0.769 bits per heavy atom. The first-order valence-corrected chi connectivity index (χ1v) is 8.56. The molecule has 2 nitrogen and oxygen atoms in total. The average molecular weight is 342 g/mol. The van der Waals surface area contributed by atoms with Gasteiger partial charge in [-0.3, -0.25) is 0 Å². The van der Waals surface area contributed by atoms with E-state index in [1.54, 1.807) is 7.11 Å². The van der Waals surface area contributed by atoms with Crippen LogP contribution in [0.3, 0.4) is 0 Å². The van der Waals surface area contributed by atoms with Gasteiger partial charge in [0.15, 0.2) is 0 Å². The molecular weight excluding hydrogens is 320 g/mol. The van der Waals surface area contributed by atoms with Crippen molar-refractivity contribution < 1.29 is 9.47 Å². The maximum atomic E-state index is 5.82. The number of hydrogen-bond donors (Lipinski definition) is 0. The molecule has 3 aromatic carbocycles. The molecule has 0 saturated heterocycles. The molecule has 0 bridgehead atoms. The van der Waals surface area contributed by atoms with Crippen molar-refractivity contribution in [2.24, 2.45) is 0 Å². The molecule has 1 unspecified atom stereocenters. The second-order valence-electron chi connectivity index (χ2n) is 5.88. The maximum absolute atomic E-state index is 5.82. The molecule has 0 fully saturated rings. The fourth-order valence-electron chi connectivity index (χ4n) is 2.64. The van der Waals surface area contributed by atoms with Crippen LogP contribution >= 0.6 is 0 Å². The minimum atomic E-state index is 0.154. The largest absolute Gasteiger partial charge is 0.497 e. The van der Waals surface area contributed by atoms with Gasteiger partial charge in [-0.1, -0.05) is 60.7 Å². The van der Waals surface area contributed by atoms with Gasteiger partial charge in [0, 0.05) is 5.92 Å². The van der Waals surface area contributed by atoms with Gasteiger partial charge in [-0.2, -0.15) is 0 Å². The summed E-state index contributed by atoms with van der Waals surface area (Å²) in [6.07, 6.45) is 6.18. The molecule has 130 valence electrons. The van der Waals surface area contributed by atoms with E-state index < -0.39 is 0 Å². The van der Waals surface area contributed by atoms with Gasteiger partial charge in [-0.05, 0) is 47.5 Å². The van der Waals surface area contributed by atoms with E-state index in [0.29, 0.717) is 0 Å². The van der Waals surface area contributed by atoms with Gasteiger partial charge in [-0.25, -0.2) is 0 Å². The van der Waals surface area contributed by atoms with Crippen LogP contribution in [0.4, 0.5) is 0 Å². The minimum absolute atomic E-state index is 0.154.